The predicted molar refractivity (Wildman–Crippen MR) is 198 cm³/mol. The van der Waals surface area contributed by atoms with Crippen LogP contribution < -0.4 is 0 Å². The van der Waals surface area contributed by atoms with E-state index in [1.165, 1.54) is 60.3 Å². The van der Waals surface area contributed by atoms with Gasteiger partial charge in [0.2, 0.25) is 0 Å². The highest BCUT2D eigenvalue weighted by Crippen LogP contribution is 2.46. The Kier molecular flexibility index (Phi) is 5.08. The Labute approximate surface area is 275 Å². The van der Waals surface area contributed by atoms with Gasteiger partial charge in [0.1, 0.15) is 5.69 Å². The third-order valence-corrected chi connectivity index (χ3v) is 10.0. The molecule has 4 heterocycles. The molecule has 11 rings (SSSR count). The summed E-state index contributed by atoms with van der Waals surface area (Å²) in [5.41, 5.74) is 14.4. The topological polar surface area (TPSA) is 35.6 Å². The molecule has 0 saturated carbocycles. The standard InChI is InChI=1S/C44H26N4/c1-2-11-29(12-3-1)47-39-20-9-6-14-31(39)32-23-21-28(26-41(32)47)27-22-24-40-36(25-27)35-17-10-16-34-30-13-4-5-15-33(30)42-44(48(40)43(34)35)46-38-19-8-7-18-37(38)45-42/h1-26H. The largest absolute Gasteiger partial charge is 0.309 e. The lowest BCUT2D eigenvalue weighted by Gasteiger charge is -2.12. The van der Waals surface area contributed by atoms with E-state index in [0.717, 1.165) is 39.3 Å². The van der Waals surface area contributed by atoms with Crippen molar-refractivity contribution in [3.63, 3.8) is 0 Å². The molecule has 1 aliphatic heterocycles. The summed E-state index contributed by atoms with van der Waals surface area (Å²) < 4.78 is 4.73. The molecule has 7 aromatic carbocycles. The molecular formula is C44H26N4. The van der Waals surface area contributed by atoms with Crippen molar-refractivity contribution in [2.45, 2.75) is 0 Å². The summed E-state index contributed by atoms with van der Waals surface area (Å²) >= 11 is 0. The van der Waals surface area contributed by atoms with Crippen LogP contribution in [0.3, 0.4) is 0 Å². The number of rotatable bonds is 2. The molecule has 0 spiro atoms. The molecule has 0 fully saturated rings. The second kappa shape index (κ2) is 9.50. The minimum absolute atomic E-state index is 0.868. The normalized spacial score (nSPS) is 12.2. The molecule has 0 aliphatic carbocycles. The monoisotopic (exact) mass is 610 g/mol. The maximum atomic E-state index is 5.29. The Morgan fingerprint density at radius 3 is 1.92 bits per heavy atom. The van der Waals surface area contributed by atoms with Gasteiger partial charge in [0.25, 0.3) is 0 Å². The quantitative estimate of drug-likeness (QED) is 0.195. The molecule has 0 N–H and O–H groups in total. The highest BCUT2D eigenvalue weighted by atomic mass is 15.1. The molecule has 4 heteroatoms. The third-order valence-electron chi connectivity index (χ3n) is 10.0. The number of hydrogen-bond donors (Lipinski definition) is 0. The molecule has 1 aliphatic rings. The van der Waals surface area contributed by atoms with E-state index in [2.05, 4.69) is 149 Å². The lowest BCUT2D eigenvalue weighted by Crippen LogP contribution is -2.02. The van der Waals surface area contributed by atoms with Crippen LogP contribution in [0, 0.1) is 0 Å². The number of aromatic nitrogens is 4. The van der Waals surface area contributed by atoms with Crippen LogP contribution >= 0.6 is 0 Å². The minimum atomic E-state index is 0.868. The van der Waals surface area contributed by atoms with Gasteiger partial charge in [-0.1, -0.05) is 109 Å². The predicted octanol–water partition coefficient (Wildman–Crippen LogP) is 11.1. The van der Waals surface area contributed by atoms with Crippen molar-refractivity contribution in [2.75, 3.05) is 0 Å². The molecule has 0 unspecified atom stereocenters. The van der Waals surface area contributed by atoms with Gasteiger partial charge in [-0.2, -0.15) is 0 Å². The smallest absolute Gasteiger partial charge is 0.165 e. The van der Waals surface area contributed by atoms with E-state index in [4.69, 9.17) is 9.97 Å². The summed E-state index contributed by atoms with van der Waals surface area (Å²) in [6, 6.07) is 56.6. The van der Waals surface area contributed by atoms with Crippen LogP contribution in [-0.2, 0) is 0 Å². The second-order valence-electron chi connectivity index (χ2n) is 12.6. The van der Waals surface area contributed by atoms with Crippen molar-refractivity contribution in [3.8, 4) is 45.0 Å². The van der Waals surface area contributed by atoms with Crippen LogP contribution in [0.15, 0.2) is 158 Å². The van der Waals surface area contributed by atoms with Crippen LogP contribution in [-0.4, -0.2) is 19.1 Å². The third kappa shape index (κ3) is 3.43. The summed E-state index contributed by atoms with van der Waals surface area (Å²) in [6.07, 6.45) is 0. The van der Waals surface area contributed by atoms with E-state index in [1.807, 2.05) is 18.2 Å². The molecule has 0 amide bonds. The zero-order valence-electron chi connectivity index (χ0n) is 25.8. The van der Waals surface area contributed by atoms with Crippen molar-refractivity contribution in [1.29, 1.82) is 0 Å². The summed E-state index contributed by atoms with van der Waals surface area (Å²) in [4.78, 5) is 10.5. The number of benzene rings is 7. The maximum absolute atomic E-state index is 5.29. The first-order valence-corrected chi connectivity index (χ1v) is 16.3. The second-order valence-corrected chi connectivity index (χ2v) is 12.6. The molecule has 0 atom stereocenters. The fourth-order valence-corrected chi connectivity index (χ4v) is 7.94. The van der Waals surface area contributed by atoms with Crippen LogP contribution in [0.25, 0.3) is 99.7 Å². The average Bonchev–Trinajstić information content (AvgIpc) is 3.63. The van der Waals surface area contributed by atoms with Gasteiger partial charge in [-0.25, -0.2) is 9.97 Å². The summed E-state index contributed by atoms with van der Waals surface area (Å²) in [5.74, 6) is 0.868. The van der Waals surface area contributed by atoms with Gasteiger partial charge < -0.3 is 4.57 Å². The van der Waals surface area contributed by atoms with Gasteiger partial charge in [-0.3, -0.25) is 4.57 Å². The average molecular weight is 611 g/mol. The van der Waals surface area contributed by atoms with Gasteiger partial charge in [-0.05, 0) is 65.2 Å². The van der Waals surface area contributed by atoms with E-state index >= 15 is 0 Å². The molecule has 0 radical (unpaired) electrons. The van der Waals surface area contributed by atoms with E-state index in [0.29, 0.717) is 0 Å². The highest BCUT2D eigenvalue weighted by Gasteiger charge is 2.27. The first-order valence-electron chi connectivity index (χ1n) is 16.3. The molecule has 48 heavy (non-hydrogen) atoms. The van der Waals surface area contributed by atoms with Crippen LogP contribution in [0.4, 0.5) is 0 Å². The zero-order valence-corrected chi connectivity index (χ0v) is 25.8. The Balaban J connectivity index is 1.20. The summed E-state index contributed by atoms with van der Waals surface area (Å²) in [7, 11) is 0. The van der Waals surface area contributed by atoms with Crippen LogP contribution in [0.1, 0.15) is 0 Å². The Morgan fingerprint density at radius 1 is 0.375 bits per heavy atom. The van der Waals surface area contributed by atoms with E-state index in [9.17, 15) is 0 Å². The lowest BCUT2D eigenvalue weighted by atomic mass is 9.96. The van der Waals surface area contributed by atoms with Gasteiger partial charge >= 0.3 is 0 Å². The molecule has 10 aromatic rings. The highest BCUT2D eigenvalue weighted by molar-refractivity contribution is 6.17. The van der Waals surface area contributed by atoms with Crippen molar-refractivity contribution in [1.82, 2.24) is 19.1 Å². The first-order chi connectivity index (χ1) is 23.8. The summed E-state index contributed by atoms with van der Waals surface area (Å²) in [5, 5.41) is 4.93. The molecular weight excluding hydrogens is 585 g/mol. The number of fused-ring (bicyclic) bond motifs is 12. The summed E-state index contributed by atoms with van der Waals surface area (Å²) in [6.45, 7) is 0. The van der Waals surface area contributed by atoms with Gasteiger partial charge in [-0.15, -0.1) is 0 Å². The maximum Gasteiger partial charge on any atom is 0.165 e. The fourth-order valence-electron chi connectivity index (χ4n) is 7.94. The zero-order chi connectivity index (χ0) is 31.3. The van der Waals surface area contributed by atoms with E-state index in [1.54, 1.807) is 0 Å². The molecule has 3 aromatic heterocycles. The van der Waals surface area contributed by atoms with Crippen molar-refractivity contribution in [3.05, 3.63) is 158 Å². The Hall–Kier alpha value is -6.52. The Morgan fingerprint density at radius 2 is 1.02 bits per heavy atom. The van der Waals surface area contributed by atoms with Crippen LogP contribution in [0.5, 0.6) is 0 Å². The minimum Gasteiger partial charge on any atom is -0.309 e. The Bertz CT molecular complexity index is 2950. The van der Waals surface area contributed by atoms with Gasteiger partial charge in [0.15, 0.2) is 5.82 Å². The number of hydrogen-bond acceptors (Lipinski definition) is 2. The van der Waals surface area contributed by atoms with E-state index < -0.39 is 0 Å². The first kappa shape index (κ1) is 25.6. The number of para-hydroxylation sites is 5. The molecule has 0 saturated heterocycles. The van der Waals surface area contributed by atoms with Crippen molar-refractivity contribution in [2.24, 2.45) is 0 Å². The van der Waals surface area contributed by atoms with Crippen molar-refractivity contribution < 1.29 is 0 Å². The SMILES string of the molecule is c1ccc(-n2c3ccccc3c3ccc(-c4ccc5c(c4)c4cccc6c4n5-c4nc5ccccc5nc4-c4ccccc4-6)cc32)cc1. The van der Waals surface area contributed by atoms with Gasteiger partial charge in [0, 0.05) is 38.4 Å². The molecule has 4 nitrogen and oxygen atoms in total. The lowest BCUT2D eigenvalue weighted by molar-refractivity contribution is 1.09. The number of nitrogens with zero attached hydrogens (tertiary/aromatic N) is 4. The van der Waals surface area contributed by atoms with E-state index in [-0.39, 0.29) is 0 Å². The van der Waals surface area contributed by atoms with Crippen molar-refractivity contribution >= 4 is 54.6 Å². The van der Waals surface area contributed by atoms with Crippen LogP contribution in [0.2, 0.25) is 0 Å². The van der Waals surface area contributed by atoms with Gasteiger partial charge in [0.05, 0.1) is 33.1 Å². The molecule has 0 bridgehead atoms. The molecule has 222 valence electrons. The fraction of sp³-hybridized carbons (Fsp3) is 0.